The van der Waals surface area contributed by atoms with Crippen LogP contribution >= 0.6 is 0 Å². The zero-order chi connectivity index (χ0) is 13.9. The molecule has 0 unspecified atom stereocenters. The van der Waals surface area contributed by atoms with Gasteiger partial charge in [0.05, 0.1) is 19.3 Å². The lowest BCUT2D eigenvalue weighted by molar-refractivity contribution is -0.137. The number of hydrogen-bond donors (Lipinski definition) is 0. The van der Waals surface area contributed by atoms with Crippen LogP contribution < -0.4 is 0 Å². The maximum atomic E-state index is 11.5. The van der Waals surface area contributed by atoms with Gasteiger partial charge >= 0.3 is 0 Å². The second-order valence-corrected chi connectivity index (χ2v) is 4.49. The molecule has 100 valence electrons. The minimum absolute atomic E-state index is 0.152. The minimum Gasteiger partial charge on any atom is -0.269 e. The van der Waals surface area contributed by atoms with Crippen LogP contribution in [0.5, 0.6) is 0 Å². The van der Waals surface area contributed by atoms with E-state index in [0.717, 1.165) is 10.5 Å². The third-order valence-corrected chi connectivity index (χ3v) is 2.99. The first-order chi connectivity index (χ1) is 9.72. The lowest BCUT2D eigenvalue weighted by atomic mass is 10.2. The molecule has 2 aromatic rings. The van der Waals surface area contributed by atoms with Crippen LogP contribution in [-0.4, -0.2) is 31.7 Å². The molecular weight excluding hydrogens is 256 g/mol. The van der Waals surface area contributed by atoms with E-state index in [1.165, 1.54) is 12.2 Å². The molecule has 0 aliphatic carbocycles. The number of aromatic nitrogens is 3. The van der Waals surface area contributed by atoms with Gasteiger partial charge in [-0.1, -0.05) is 35.5 Å². The third kappa shape index (κ3) is 2.49. The standard InChI is InChI=1S/C14H12N4O2/c19-13-6-7-14(20)18(13)10-12-9-17(16-15-12)8-11-4-2-1-3-5-11/h1-7,9H,8,10H2. The normalized spacial score (nSPS) is 14.3. The van der Waals surface area contributed by atoms with Gasteiger partial charge in [0.2, 0.25) is 0 Å². The molecule has 0 fully saturated rings. The maximum absolute atomic E-state index is 11.5. The molecule has 0 N–H and O–H groups in total. The van der Waals surface area contributed by atoms with Crippen molar-refractivity contribution >= 4 is 11.8 Å². The molecule has 1 aliphatic heterocycles. The van der Waals surface area contributed by atoms with Crippen molar-refractivity contribution in [1.82, 2.24) is 19.9 Å². The number of hydrogen-bond acceptors (Lipinski definition) is 4. The van der Waals surface area contributed by atoms with Gasteiger partial charge in [-0.3, -0.25) is 14.5 Å². The molecule has 3 rings (SSSR count). The first kappa shape index (κ1) is 12.3. The Kier molecular flexibility index (Phi) is 3.12. The van der Waals surface area contributed by atoms with E-state index in [2.05, 4.69) is 10.3 Å². The Balaban J connectivity index is 1.68. The summed E-state index contributed by atoms with van der Waals surface area (Å²) < 4.78 is 1.68. The van der Waals surface area contributed by atoms with Crippen molar-refractivity contribution in [3.63, 3.8) is 0 Å². The summed E-state index contributed by atoms with van der Waals surface area (Å²) in [7, 11) is 0. The number of nitrogens with zero attached hydrogens (tertiary/aromatic N) is 4. The molecule has 1 aromatic carbocycles. The summed E-state index contributed by atoms with van der Waals surface area (Å²) in [5.74, 6) is -0.625. The lowest BCUT2D eigenvalue weighted by Gasteiger charge is -2.10. The molecular formula is C14H12N4O2. The quantitative estimate of drug-likeness (QED) is 0.767. The summed E-state index contributed by atoms with van der Waals surface area (Å²) in [6, 6.07) is 9.87. The lowest BCUT2D eigenvalue weighted by Crippen LogP contribution is -2.29. The highest BCUT2D eigenvalue weighted by atomic mass is 16.2. The van der Waals surface area contributed by atoms with Gasteiger partial charge in [0.1, 0.15) is 5.69 Å². The molecule has 0 saturated carbocycles. The summed E-state index contributed by atoms with van der Waals surface area (Å²) in [6.07, 6.45) is 4.26. The largest absolute Gasteiger partial charge is 0.269 e. The summed E-state index contributed by atoms with van der Waals surface area (Å²) in [5.41, 5.74) is 1.70. The van der Waals surface area contributed by atoms with Crippen molar-refractivity contribution in [2.45, 2.75) is 13.1 Å². The highest BCUT2D eigenvalue weighted by molar-refractivity contribution is 6.12. The average Bonchev–Trinajstić information content (AvgIpc) is 3.02. The summed E-state index contributed by atoms with van der Waals surface area (Å²) >= 11 is 0. The Bertz CT molecular complexity index is 657. The fourth-order valence-corrected chi connectivity index (χ4v) is 2.01. The number of amides is 2. The second kappa shape index (κ2) is 5.08. The molecule has 2 heterocycles. The predicted molar refractivity (Wildman–Crippen MR) is 70.3 cm³/mol. The molecule has 0 bridgehead atoms. The molecule has 0 spiro atoms. The molecule has 6 heteroatoms. The van der Waals surface area contributed by atoms with Crippen molar-refractivity contribution in [3.05, 3.63) is 59.9 Å². The Morgan fingerprint density at radius 1 is 0.950 bits per heavy atom. The minimum atomic E-state index is -0.312. The number of imide groups is 1. The van der Waals surface area contributed by atoms with Gasteiger partial charge in [-0.05, 0) is 5.56 Å². The number of carbonyl (C=O) groups is 2. The highest BCUT2D eigenvalue weighted by Gasteiger charge is 2.24. The Hall–Kier alpha value is -2.76. The van der Waals surface area contributed by atoms with E-state index in [9.17, 15) is 9.59 Å². The van der Waals surface area contributed by atoms with Gasteiger partial charge in [-0.15, -0.1) is 5.10 Å². The zero-order valence-electron chi connectivity index (χ0n) is 10.6. The van der Waals surface area contributed by atoms with Gasteiger partial charge in [-0.2, -0.15) is 0 Å². The van der Waals surface area contributed by atoms with Crippen LogP contribution in [0.25, 0.3) is 0 Å². The van der Waals surface area contributed by atoms with Crippen molar-refractivity contribution in [1.29, 1.82) is 0 Å². The van der Waals surface area contributed by atoms with E-state index in [0.29, 0.717) is 12.2 Å². The topological polar surface area (TPSA) is 68.1 Å². The molecule has 0 radical (unpaired) electrons. The van der Waals surface area contributed by atoms with Gasteiger partial charge in [0.25, 0.3) is 11.8 Å². The monoisotopic (exact) mass is 268 g/mol. The van der Waals surface area contributed by atoms with Crippen LogP contribution in [0.3, 0.4) is 0 Å². The Morgan fingerprint density at radius 2 is 1.65 bits per heavy atom. The first-order valence-electron chi connectivity index (χ1n) is 6.19. The van der Waals surface area contributed by atoms with E-state index in [1.54, 1.807) is 10.9 Å². The van der Waals surface area contributed by atoms with Gasteiger partial charge in [0, 0.05) is 12.2 Å². The van der Waals surface area contributed by atoms with Crippen LogP contribution in [0, 0.1) is 0 Å². The summed E-state index contributed by atoms with van der Waals surface area (Å²) in [5, 5.41) is 7.98. The van der Waals surface area contributed by atoms with Crippen LogP contribution in [0.4, 0.5) is 0 Å². The number of rotatable bonds is 4. The predicted octanol–water partition coefficient (Wildman–Crippen LogP) is 0.751. The molecule has 1 aromatic heterocycles. The van der Waals surface area contributed by atoms with E-state index >= 15 is 0 Å². The maximum Gasteiger partial charge on any atom is 0.253 e. The van der Waals surface area contributed by atoms with Crippen molar-refractivity contribution in [3.8, 4) is 0 Å². The fourth-order valence-electron chi connectivity index (χ4n) is 2.01. The zero-order valence-corrected chi connectivity index (χ0v) is 10.6. The fraction of sp³-hybridized carbons (Fsp3) is 0.143. The summed E-state index contributed by atoms with van der Waals surface area (Å²) in [4.78, 5) is 24.0. The van der Waals surface area contributed by atoms with Crippen LogP contribution in [0.2, 0.25) is 0 Å². The Labute approximate surface area is 115 Å². The van der Waals surface area contributed by atoms with Crippen molar-refractivity contribution in [2.24, 2.45) is 0 Å². The van der Waals surface area contributed by atoms with Crippen molar-refractivity contribution < 1.29 is 9.59 Å². The van der Waals surface area contributed by atoms with Crippen LogP contribution in [0.1, 0.15) is 11.3 Å². The molecule has 0 saturated heterocycles. The Morgan fingerprint density at radius 3 is 2.35 bits per heavy atom. The van der Waals surface area contributed by atoms with E-state index in [1.807, 2.05) is 30.3 Å². The molecule has 20 heavy (non-hydrogen) atoms. The van der Waals surface area contributed by atoms with Crippen LogP contribution in [-0.2, 0) is 22.7 Å². The number of carbonyl (C=O) groups excluding carboxylic acids is 2. The first-order valence-corrected chi connectivity index (χ1v) is 6.19. The SMILES string of the molecule is O=C1C=CC(=O)N1Cc1cn(Cc2ccccc2)nn1. The third-order valence-electron chi connectivity index (χ3n) is 2.99. The molecule has 1 aliphatic rings. The second-order valence-electron chi connectivity index (χ2n) is 4.49. The molecule has 0 atom stereocenters. The number of benzene rings is 1. The van der Waals surface area contributed by atoms with E-state index in [-0.39, 0.29) is 18.4 Å². The van der Waals surface area contributed by atoms with E-state index < -0.39 is 0 Å². The highest BCUT2D eigenvalue weighted by Crippen LogP contribution is 2.09. The van der Waals surface area contributed by atoms with Crippen molar-refractivity contribution in [2.75, 3.05) is 0 Å². The molecule has 2 amide bonds. The van der Waals surface area contributed by atoms with Gasteiger partial charge in [-0.25, -0.2) is 4.68 Å². The summed E-state index contributed by atoms with van der Waals surface area (Å²) in [6.45, 7) is 0.757. The average molecular weight is 268 g/mol. The molecule has 6 nitrogen and oxygen atoms in total. The van der Waals surface area contributed by atoms with Crippen LogP contribution in [0.15, 0.2) is 48.7 Å². The van der Waals surface area contributed by atoms with Gasteiger partial charge < -0.3 is 0 Å². The van der Waals surface area contributed by atoms with Gasteiger partial charge in [0.15, 0.2) is 0 Å². The smallest absolute Gasteiger partial charge is 0.253 e. The van der Waals surface area contributed by atoms with E-state index in [4.69, 9.17) is 0 Å².